The molecule has 0 fully saturated rings. The third-order valence-electron chi connectivity index (χ3n) is 5.28. The summed E-state index contributed by atoms with van der Waals surface area (Å²) in [5.74, 6) is 0.522. The van der Waals surface area contributed by atoms with E-state index in [9.17, 15) is 18.5 Å². The average Bonchev–Trinajstić information content (AvgIpc) is 2.84. The minimum absolute atomic E-state index is 0.0546. The van der Waals surface area contributed by atoms with Crippen LogP contribution in [0.1, 0.15) is 30.5 Å². The van der Waals surface area contributed by atoms with Crippen molar-refractivity contribution in [2.45, 2.75) is 32.6 Å². The lowest BCUT2D eigenvalue weighted by molar-refractivity contribution is -0.112. The molecule has 3 rings (SSSR count). The van der Waals surface area contributed by atoms with Gasteiger partial charge in [-0.2, -0.15) is 5.26 Å². The second-order valence-corrected chi connectivity index (χ2v) is 10.5. The lowest BCUT2D eigenvalue weighted by Gasteiger charge is -2.13. The van der Waals surface area contributed by atoms with Crippen molar-refractivity contribution < 1.29 is 17.9 Å². The number of ether oxygens (including phenoxy) is 1. The van der Waals surface area contributed by atoms with Gasteiger partial charge in [-0.3, -0.25) is 9.52 Å². The first-order valence-electron chi connectivity index (χ1n) is 11.4. The molecule has 0 aromatic heterocycles. The van der Waals surface area contributed by atoms with Crippen molar-refractivity contribution >= 4 is 33.4 Å². The molecule has 0 saturated heterocycles. The highest BCUT2D eigenvalue weighted by Crippen LogP contribution is 2.24. The monoisotopic (exact) mass is 503 g/mol. The zero-order valence-corrected chi connectivity index (χ0v) is 21.5. The fourth-order valence-corrected chi connectivity index (χ4v) is 4.53. The van der Waals surface area contributed by atoms with E-state index in [0.29, 0.717) is 35.2 Å². The highest BCUT2D eigenvalue weighted by atomic mass is 32.2. The number of hydrogen-bond donors (Lipinski definition) is 2. The van der Waals surface area contributed by atoms with E-state index in [4.69, 9.17) is 4.74 Å². The number of nitrogens with zero attached hydrogens (tertiary/aromatic N) is 1. The molecule has 0 aliphatic carbocycles. The van der Waals surface area contributed by atoms with Crippen molar-refractivity contribution in [2.24, 2.45) is 5.92 Å². The van der Waals surface area contributed by atoms with Crippen LogP contribution in [0.4, 0.5) is 11.4 Å². The molecule has 0 saturated carbocycles. The molecule has 3 aromatic carbocycles. The first-order chi connectivity index (χ1) is 17.1. The fourth-order valence-electron chi connectivity index (χ4n) is 3.32. The van der Waals surface area contributed by atoms with Crippen molar-refractivity contribution in [3.63, 3.8) is 0 Å². The first-order valence-corrected chi connectivity index (χ1v) is 12.9. The Morgan fingerprint density at radius 1 is 1.00 bits per heavy atom. The number of aryl methyl sites for hydroxylation is 2. The fraction of sp³-hybridized carbons (Fsp3) is 0.214. The molecule has 2 N–H and O–H groups in total. The highest BCUT2D eigenvalue weighted by Gasteiger charge is 2.17. The quantitative estimate of drug-likeness (QED) is 0.288. The molecular formula is C28H29N3O4S. The first kappa shape index (κ1) is 26.5. The molecule has 0 radical (unpaired) electrons. The number of anilines is 2. The van der Waals surface area contributed by atoms with Crippen LogP contribution in [0.5, 0.6) is 5.75 Å². The van der Waals surface area contributed by atoms with E-state index in [2.05, 4.69) is 23.9 Å². The number of carbonyl (C=O) groups is 1. The molecule has 0 bridgehead atoms. The Hall–Kier alpha value is -4.09. The summed E-state index contributed by atoms with van der Waals surface area (Å²) in [6, 6.07) is 20.3. The summed E-state index contributed by atoms with van der Waals surface area (Å²) in [5, 5.41) is 12.1. The van der Waals surface area contributed by atoms with E-state index in [1.807, 2.05) is 38.1 Å². The number of carbonyl (C=O) groups excluding carboxylic acids is 1. The van der Waals surface area contributed by atoms with Crippen LogP contribution in [0.3, 0.4) is 0 Å². The molecule has 1 amide bonds. The van der Waals surface area contributed by atoms with Crippen LogP contribution in [0, 0.1) is 31.1 Å². The normalized spacial score (nSPS) is 11.6. The van der Waals surface area contributed by atoms with Crippen LogP contribution in [0.25, 0.3) is 6.08 Å². The molecule has 0 unspecified atom stereocenters. The van der Waals surface area contributed by atoms with Gasteiger partial charge in [0.2, 0.25) is 0 Å². The molecular weight excluding hydrogens is 474 g/mol. The van der Waals surface area contributed by atoms with Crippen molar-refractivity contribution in [2.75, 3.05) is 16.6 Å². The Kier molecular flexibility index (Phi) is 8.51. The lowest BCUT2D eigenvalue weighted by Crippen LogP contribution is -2.16. The van der Waals surface area contributed by atoms with Gasteiger partial charge >= 0.3 is 0 Å². The zero-order chi connectivity index (χ0) is 26.3. The highest BCUT2D eigenvalue weighted by molar-refractivity contribution is 7.92. The minimum Gasteiger partial charge on any atom is -0.493 e. The summed E-state index contributed by atoms with van der Waals surface area (Å²) in [6.07, 6.45) is 1.48. The second kappa shape index (κ2) is 11.6. The van der Waals surface area contributed by atoms with Crippen molar-refractivity contribution in [3.05, 3.63) is 89.0 Å². The van der Waals surface area contributed by atoms with Crippen LogP contribution in [0.15, 0.2) is 77.2 Å². The van der Waals surface area contributed by atoms with Crippen molar-refractivity contribution in [1.29, 1.82) is 5.26 Å². The molecule has 0 heterocycles. The summed E-state index contributed by atoms with van der Waals surface area (Å²) in [5.41, 5.74) is 3.13. The third kappa shape index (κ3) is 6.96. The van der Waals surface area contributed by atoms with Crippen LogP contribution in [-0.4, -0.2) is 20.9 Å². The van der Waals surface area contributed by atoms with E-state index in [1.54, 1.807) is 24.3 Å². The van der Waals surface area contributed by atoms with Gasteiger partial charge in [-0.05, 0) is 78.9 Å². The standard InChI is InChI=1S/C28H29N3O4S/c1-19(2)18-35-25-12-8-22(9-13-25)16-23(17-29)28(32)30-24-10-14-26(15-11-24)36(33,34)31-27-20(3)6-5-7-21(27)4/h5-16,19,31H,18H2,1-4H3,(H,30,32). The molecule has 3 aromatic rings. The maximum Gasteiger partial charge on any atom is 0.266 e. The Bertz CT molecular complexity index is 1380. The smallest absolute Gasteiger partial charge is 0.266 e. The van der Waals surface area contributed by atoms with Gasteiger partial charge in [-0.15, -0.1) is 0 Å². The van der Waals surface area contributed by atoms with E-state index in [-0.39, 0.29) is 10.5 Å². The zero-order valence-electron chi connectivity index (χ0n) is 20.7. The molecule has 186 valence electrons. The summed E-state index contributed by atoms with van der Waals surface area (Å²) < 4.78 is 33.9. The largest absolute Gasteiger partial charge is 0.493 e. The molecule has 0 spiro atoms. The Labute approximate surface area is 212 Å². The average molecular weight is 504 g/mol. The van der Waals surface area contributed by atoms with Gasteiger partial charge < -0.3 is 10.1 Å². The van der Waals surface area contributed by atoms with Gasteiger partial charge in [0.15, 0.2) is 0 Å². The van der Waals surface area contributed by atoms with Crippen molar-refractivity contribution in [3.8, 4) is 11.8 Å². The van der Waals surface area contributed by atoms with Gasteiger partial charge in [0.25, 0.3) is 15.9 Å². The van der Waals surface area contributed by atoms with Crippen LogP contribution >= 0.6 is 0 Å². The number of hydrogen-bond acceptors (Lipinski definition) is 5. The minimum atomic E-state index is -3.81. The van der Waals surface area contributed by atoms with E-state index in [1.165, 1.54) is 30.3 Å². The van der Waals surface area contributed by atoms with Crippen LogP contribution < -0.4 is 14.8 Å². The summed E-state index contributed by atoms with van der Waals surface area (Å²) in [7, 11) is -3.81. The van der Waals surface area contributed by atoms with Crippen molar-refractivity contribution in [1.82, 2.24) is 0 Å². The Morgan fingerprint density at radius 3 is 2.17 bits per heavy atom. The number of rotatable bonds is 9. The Balaban J connectivity index is 1.69. The maximum absolute atomic E-state index is 12.8. The van der Waals surface area contributed by atoms with Crippen LogP contribution in [-0.2, 0) is 14.8 Å². The van der Waals surface area contributed by atoms with Crippen LogP contribution in [0.2, 0.25) is 0 Å². The molecule has 0 aliphatic heterocycles. The Morgan fingerprint density at radius 2 is 1.61 bits per heavy atom. The maximum atomic E-state index is 12.8. The second-order valence-electron chi connectivity index (χ2n) is 8.79. The molecule has 36 heavy (non-hydrogen) atoms. The number of para-hydroxylation sites is 1. The lowest BCUT2D eigenvalue weighted by atomic mass is 10.1. The number of nitriles is 1. The molecule has 0 aliphatic rings. The summed E-state index contributed by atoms with van der Waals surface area (Å²) >= 11 is 0. The SMILES string of the molecule is Cc1cccc(C)c1NS(=O)(=O)c1ccc(NC(=O)C(C#N)=Cc2ccc(OCC(C)C)cc2)cc1. The molecule has 7 nitrogen and oxygen atoms in total. The van der Waals surface area contributed by atoms with E-state index < -0.39 is 15.9 Å². The van der Waals surface area contributed by atoms with Gasteiger partial charge in [-0.25, -0.2) is 8.42 Å². The number of benzene rings is 3. The van der Waals surface area contributed by atoms with Gasteiger partial charge in [0, 0.05) is 5.69 Å². The molecule has 8 heteroatoms. The summed E-state index contributed by atoms with van der Waals surface area (Å²) in [4.78, 5) is 12.7. The number of nitrogens with one attached hydrogen (secondary N) is 2. The molecule has 0 atom stereocenters. The topological polar surface area (TPSA) is 108 Å². The number of amides is 1. The number of sulfonamides is 1. The van der Waals surface area contributed by atoms with E-state index >= 15 is 0 Å². The predicted molar refractivity (Wildman–Crippen MR) is 142 cm³/mol. The van der Waals surface area contributed by atoms with E-state index in [0.717, 1.165) is 11.1 Å². The van der Waals surface area contributed by atoms with Gasteiger partial charge in [-0.1, -0.05) is 44.2 Å². The van der Waals surface area contributed by atoms with Gasteiger partial charge in [0.1, 0.15) is 17.4 Å². The predicted octanol–water partition coefficient (Wildman–Crippen LogP) is 5.68. The summed E-state index contributed by atoms with van der Waals surface area (Å²) in [6.45, 7) is 8.38. The van der Waals surface area contributed by atoms with Gasteiger partial charge in [0.05, 0.1) is 17.2 Å². The third-order valence-corrected chi connectivity index (χ3v) is 6.65.